The van der Waals surface area contributed by atoms with Crippen LogP contribution in [0.15, 0.2) is 59.4 Å². The van der Waals surface area contributed by atoms with Gasteiger partial charge in [-0.25, -0.2) is 9.67 Å². The van der Waals surface area contributed by atoms with Crippen molar-refractivity contribution in [1.29, 1.82) is 0 Å². The van der Waals surface area contributed by atoms with Crippen molar-refractivity contribution in [1.82, 2.24) is 30.2 Å². The molecule has 3 aromatic heterocycles. The Labute approximate surface area is 174 Å². The van der Waals surface area contributed by atoms with E-state index in [0.717, 1.165) is 11.1 Å². The fraction of sp³-hybridized carbons (Fsp3) is 0.227. The Morgan fingerprint density at radius 1 is 1.23 bits per heavy atom. The number of carbonyl (C=O) groups excluding carboxylic acids is 1. The van der Waals surface area contributed by atoms with Crippen molar-refractivity contribution in [2.45, 2.75) is 33.2 Å². The van der Waals surface area contributed by atoms with Crippen molar-refractivity contribution in [2.75, 3.05) is 0 Å². The van der Waals surface area contributed by atoms with Gasteiger partial charge in [0.1, 0.15) is 0 Å². The van der Waals surface area contributed by atoms with E-state index in [1.54, 1.807) is 29.2 Å². The smallest absolute Gasteiger partial charge is 0.258 e. The molecule has 3 heterocycles. The second-order valence-electron chi connectivity index (χ2n) is 6.93. The fourth-order valence-electron chi connectivity index (χ4n) is 3.15. The van der Waals surface area contributed by atoms with E-state index in [-0.39, 0.29) is 11.9 Å². The third-order valence-corrected chi connectivity index (χ3v) is 4.90. The Kier molecular flexibility index (Phi) is 5.38. The summed E-state index contributed by atoms with van der Waals surface area (Å²) in [5.41, 5.74) is 2.97. The predicted molar refractivity (Wildman–Crippen MR) is 111 cm³/mol. The lowest BCUT2D eigenvalue weighted by atomic mass is 10.1. The summed E-state index contributed by atoms with van der Waals surface area (Å²) in [4.78, 5) is 21.5. The Balaban J connectivity index is 1.57. The summed E-state index contributed by atoms with van der Waals surface area (Å²) in [5, 5.41) is 11.3. The lowest BCUT2D eigenvalue weighted by Crippen LogP contribution is -2.27. The van der Waals surface area contributed by atoms with Gasteiger partial charge in [0.15, 0.2) is 11.6 Å². The Morgan fingerprint density at radius 3 is 2.77 bits per heavy atom. The first-order valence-corrected chi connectivity index (χ1v) is 9.76. The SMILES string of the molecule is CCc1noc(-c2ccnc(-n3ncc(C(=O)N[C@@H](C)c4ccccc4)c3C)c2)n1. The molecule has 0 fully saturated rings. The van der Waals surface area contributed by atoms with E-state index in [9.17, 15) is 4.79 Å². The standard InChI is InChI=1S/C22H22N6O2/c1-4-19-26-22(30-27-19)17-10-11-23-20(12-17)28-15(3)18(13-24-28)21(29)25-14(2)16-8-6-5-7-9-16/h5-14H,4H2,1-3H3,(H,25,29)/t14-/m0/s1. The molecule has 8 nitrogen and oxygen atoms in total. The number of nitrogens with one attached hydrogen (secondary N) is 1. The van der Waals surface area contributed by atoms with Crippen molar-refractivity contribution in [3.8, 4) is 17.3 Å². The second kappa shape index (κ2) is 8.28. The van der Waals surface area contributed by atoms with Crippen molar-refractivity contribution >= 4 is 5.91 Å². The van der Waals surface area contributed by atoms with E-state index in [1.807, 2.05) is 51.1 Å². The molecule has 30 heavy (non-hydrogen) atoms. The van der Waals surface area contributed by atoms with Gasteiger partial charge in [0.05, 0.1) is 23.5 Å². The molecule has 1 aromatic carbocycles. The summed E-state index contributed by atoms with van der Waals surface area (Å²) >= 11 is 0. The first-order chi connectivity index (χ1) is 14.6. The Morgan fingerprint density at radius 2 is 2.03 bits per heavy atom. The van der Waals surface area contributed by atoms with Crippen LogP contribution < -0.4 is 5.32 Å². The fourth-order valence-corrected chi connectivity index (χ4v) is 3.15. The van der Waals surface area contributed by atoms with Gasteiger partial charge >= 0.3 is 0 Å². The number of carbonyl (C=O) groups is 1. The highest BCUT2D eigenvalue weighted by molar-refractivity contribution is 5.95. The molecule has 8 heteroatoms. The Bertz CT molecular complexity index is 1170. The number of benzene rings is 1. The molecule has 0 aliphatic rings. The maximum Gasteiger partial charge on any atom is 0.258 e. The highest BCUT2D eigenvalue weighted by Gasteiger charge is 2.19. The molecule has 1 N–H and O–H groups in total. The molecule has 1 atom stereocenters. The van der Waals surface area contributed by atoms with Crippen LogP contribution in [0.4, 0.5) is 0 Å². The molecule has 152 valence electrons. The van der Waals surface area contributed by atoms with Crippen LogP contribution >= 0.6 is 0 Å². The molecule has 0 saturated carbocycles. The zero-order valence-corrected chi connectivity index (χ0v) is 17.0. The monoisotopic (exact) mass is 402 g/mol. The molecular weight excluding hydrogens is 380 g/mol. The molecule has 0 aliphatic heterocycles. The zero-order chi connectivity index (χ0) is 21.1. The van der Waals surface area contributed by atoms with Gasteiger partial charge in [-0.2, -0.15) is 10.1 Å². The number of rotatable bonds is 6. The molecule has 1 amide bonds. The third-order valence-electron chi connectivity index (χ3n) is 4.90. The van der Waals surface area contributed by atoms with Crippen LogP contribution in [0, 0.1) is 6.92 Å². The molecule has 0 spiro atoms. The van der Waals surface area contributed by atoms with Crippen molar-refractivity contribution in [3.63, 3.8) is 0 Å². The Hall–Kier alpha value is -3.81. The highest BCUT2D eigenvalue weighted by Crippen LogP contribution is 2.21. The maximum absolute atomic E-state index is 12.8. The quantitative estimate of drug-likeness (QED) is 0.528. The third kappa shape index (κ3) is 3.84. The first-order valence-electron chi connectivity index (χ1n) is 9.76. The van der Waals surface area contributed by atoms with Crippen LogP contribution in [-0.2, 0) is 6.42 Å². The molecule has 0 aliphatic carbocycles. The van der Waals surface area contributed by atoms with Gasteiger partial charge in [0.2, 0.25) is 0 Å². The van der Waals surface area contributed by atoms with Gasteiger partial charge in [-0.15, -0.1) is 0 Å². The van der Waals surface area contributed by atoms with Crippen LogP contribution in [-0.4, -0.2) is 30.8 Å². The first kappa shape index (κ1) is 19.5. The topological polar surface area (TPSA) is 98.7 Å². The summed E-state index contributed by atoms with van der Waals surface area (Å²) in [6.07, 6.45) is 3.90. The lowest BCUT2D eigenvalue weighted by Gasteiger charge is -2.14. The number of nitrogens with zero attached hydrogens (tertiary/aromatic N) is 5. The van der Waals surface area contributed by atoms with Crippen LogP contribution in [0.1, 0.15) is 47.3 Å². The van der Waals surface area contributed by atoms with Gasteiger partial charge in [-0.3, -0.25) is 4.79 Å². The summed E-state index contributed by atoms with van der Waals surface area (Å²) in [7, 11) is 0. The highest BCUT2D eigenvalue weighted by atomic mass is 16.5. The number of pyridine rings is 1. The van der Waals surface area contributed by atoms with Crippen LogP contribution in [0.3, 0.4) is 0 Å². The van der Waals surface area contributed by atoms with Crippen molar-refractivity contribution in [3.05, 3.63) is 77.5 Å². The maximum atomic E-state index is 12.8. The molecule has 4 aromatic rings. The predicted octanol–water partition coefficient (Wildman–Crippen LogP) is 3.68. The number of amides is 1. The molecular formula is C22H22N6O2. The van der Waals surface area contributed by atoms with Gasteiger partial charge in [0, 0.05) is 18.2 Å². The van der Waals surface area contributed by atoms with Gasteiger partial charge in [-0.05, 0) is 31.5 Å². The number of aromatic nitrogens is 5. The van der Waals surface area contributed by atoms with Gasteiger partial charge in [-0.1, -0.05) is 42.4 Å². The second-order valence-corrected chi connectivity index (χ2v) is 6.93. The molecule has 0 saturated heterocycles. The van der Waals surface area contributed by atoms with Crippen LogP contribution in [0.25, 0.3) is 17.3 Å². The average molecular weight is 402 g/mol. The van der Waals surface area contributed by atoms with E-state index >= 15 is 0 Å². The van der Waals surface area contributed by atoms with Gasteiger partial charge < -0.3 is 9.84 Å². The minimum absolute atomic E-state index is 0.117. The van der Waals surface area contributed by atoms with E-state index in [0.29, 0.717) is 35.2 Å². The summed E-state index contributed by atoms with van der Waals surface area (Å²) < 4.78 is 6.94. The number of hydrogen-bond donors (Lipinski definition) is 1. The molecule has 4 rings (SSSR count). The van der Waals surface area contributed by atoms with Crippen molar-refractivity contribution in [2.24, 2.45) is 0 Å². The number of aryl methyl sites for hydroxylation is 1. The van der Waals surface area contributed by atoms with Gasteiger partial charge in [0.25, 0.3) is 11.8 Å². The summed E-state index contributed by atoms with van der Waals surface area (Å²) in [5.74, 6) is 1.45. The minimum atomic E-state index is -0.184. The summed E-state index contributed by atoms with van der Waals surface area (Å²) in [6, 6.07) is 13.3. The number of hydrogen-bond acceptors (Lipinski definition) is 6. The molecule has 0 unspecified atom stereocenters. The zero-order valence-electron chi connectivity index (χ0n) is 17.0. The molecule has 0 radical (unpaired) electrons. The lowest BCUT2D eigenvalue weighted by molar-refractivity contribution is 0.0939. The summed E-state index contributed by atoms with van der Waals surface area (Å²) in [6.45, 7) is 5.75. The van der Waals surface area contributed by atoms with Crippen molar-refractivity contribution < 1.29 is 9.32 Å². The molecule has 0 bridgehead atoms. The normalized spacial score (nSPS) is 12.0. The minimum Gasteiger partial charge on any atom is -0.345 e. The van der Waals surface area contributed by atoms with Crippen LogP contribution in [0.2, 0.25) is 0 Å². The largest absolute Gasteiger partial charge is 0.345 e. The van der Waals surface area contributed by atoms with E-state index < -0.39 is 0 Å². The van der Waals surface area contributed by atoms with E-state index in [1.165, 1.54) is 0 Å². The van der Waals surface area contributed by atoms with Crippen LogP contribution in [0.5, 0.6) is 0 Å². The average Bonchev–Trinajstić information content (AvgIpc) is 3.41. The van der Waals surface area contributed by atoms with E-state index in [2.05, 4.69) is 25.5 Å². The van der Waals surface area contributed by atoms with E-state index in [4.69, 9.17) is 4.52 Å².